The molecule has 6 nitrogen and oxygen atoms in total. The summed E-state index contributed by atoms with van der Waals surface area (Å²) in [6.07, 6.45) is 3.19. The van der Waals surface area contributed by atoms with E-state index in [0.29, 0.717) is 25.0 Å². The van der Waals surface area contributed by atoms with Crippen molar-refractivity contribution in [3.8, 4) is 0 Å². The van der Waals surface area contributed by atoms with E-state index in [2.05, 4.69) is 13.8 Å². The average Bonchev–Trinajstić information content (AvgIpc) is 2.76. The maximum atomic E-state index is 11.2. The molecule has 6 heteroatoms. The van der Waals surface area contributed by atoms with Gasteiger partial charge in [0, 0.05) is 12.5 Å². The number of rotatable bonds is 4. The van der Waals surface area contributed by atoms with Gasteiger partial charge in [0.2, 0.25) is 0 Å². The lowest BCUT2D eigenvalue weighted by molar-refractivity contribution is -0.455. The molecule has 0 aromatic carbocycles. The third kappa shape index (κ3) is 2.98. The Hall–Kier alpha value is -0.690. The summed E-state index contributed by atoms with van der Waals surface area (Å²) in [6.45, 7) is 7.37. The summed E-state index contributed by atoms with van der Waals surface area (Å²) >= 11 is 0. The van der Waals surface area contributed by atoms with E-state index in [1.807, 2.05) is 6.92 Å². The largest absolute Gasteiger partial charge is 0.481 e. The van der Waals surface area contributed by atoms with Gasteiger partial charge in [-0.15, -0.1) is 0 Å². The molecule has 3 fully saturated rings. The van der Waals surface area contributed by atoms with Crippen LogP contribution >= 0.6 is 0 Å². The first-order valence-electron chi connectivity index (χ1n) is 9.30. The zero-order valence-electron chi connectivity index (χ0n) is 14.9. The summed E-state index contributed by atoms with van der Waals surface area (Å²) in [7, 11) is 0. The molecule has 24 heavy (non-hydrogen) atoms. The molecule has 1 spiro atoms. The van der Waals surface area contributed by atoms with Crippen molar-refractivity contribution in [1.29, 1.82) is 0 Å². The van der Waals surface area contributed by atoms with Gasteiger partial charge in [-0.1, -0.05) is 13.8 Å². The highest BCUT2D eigenvalue weighted by molar-refractivity contribution is 5.67. The van der Waals surface area contributed by atoms with Crippen molar-refractivity contribution in [3.05, 3.63) is 0 Å². The highest BCUT2D eigenvalue weighted by atomic mass is 17.2. The summed E-state index contributed by atoms with van der Waals surface area (Å²) in [5.74, 6) is 0.263. The van der Waals surface area contributed by atoms with Crippen LogP contribution in [0.2, 0.25) is 0 Å². The van der Waals surface area contributed by atoms with E-state index >= 15 is 0 Å². The Labute approximate surface area is 143 Å². The SMILES string of the molecule is CCOC1OC(CC(=O)O)C(C)C2CCC(C)C3CCCOOC132. The summed E-state index contributed by atoms with van der Waals surface area (Å²) in [5.41, 5.74) is -0.626. The normalized spacial score (nSPS) is 45.8. The van der Waals surface area contributed by atoms with Gasteiger partial charge in [-0.25, -0.2) is 9.78 Å². The lowest BCUT2D eigenvalue weighted by Gasteiger charge is -2.58. The second-order valence-electron chi connectivity index (χ2n) is 7.59. The Bertz CT molecular complexity index is 455. The molecule has 2 heterocycles. The molecule has 1 N–H and O–H groups in total. The third-order valence-corrected chi connectivity index (χ3v) is 6.31. The molecule has 0 aromatic rings. The van der Waals surface area contributed by atoms with E-state index in [-0.39, 0.29) is 24.4 Å². The van der Waals surface area contributed by atoms with Crippen LogP contribution in [-0.4, -0.2) is 42.3 Å². The number of hydrogen-bond donors (Lipinski definition) is 1. The van der Waals surface area contributed by atoms with Crippen molar-refractivity contribution in [3.63, 3.8) is 0 Å². The van der Waals surface area contributed by atoms with Crippen LogP contribution in [0.25, 0.3) is 0 Å². The predicted octanol–water partition coefficient (Wildman–Crippen LogP) is 3.00. The second kappa shape index (κ2) is 7.28. The fourth-order valence-corrected chi connectivity index (χ4v) is 5.17. The molecule has 7 atom stereocenters. The van der Waals surface area contributed by atoms with Crippen molar-refractivity contribution in [2.24, 2.45) is 23.7 Å². The van der Waals surface area contributed by atoms with E-state index in [9.17, 15) is 9.90 Å². The van der Waals surface area contributed by atoms with Crippen LogP contribution in [-0.2, 0) is 24.0 Å². The van der Waals surface area contributed by atoms with Gasteiger partial charge in [-0.2, -0.15) is 0 Å². The molecule has 2 aliphatic heterocycles. The fraction of sp³-hybridized carbons (Fsp3) is 0.944. The Morgan fingerprint density at radius 1 is 1.25 bits per heavy atom. The zero-order chi connectivity index (χ0) is 17.3. The molecule has 2 saturated heterocycles. The standard InChI is InChI=1S/C18H30O6/c1-4-21-17-18-13(6-5-9-22-24-18)11(2)7-8-14(18)12(3)15(23-17)10-16(19)20/h11-15,17H,4-10H2,1-3H3,(H,19,20). The monoisotopic (exact) mass is 342 g/mol. The predicted molar refractivity (Wildman–Crippen MR) is 86.1 cm³/mol. The van der Waals surface area contributed by atoms with Gasteiger partial charge >= 0.3 is 5.97 Å². The van der Waals surface area contributed by atoms with Crippen LogP contribution in [0.15, 0.2) is 0 Å². The number of carbonyl (C=O) groups is 1. The highest BCUT2D eigenvalue weighted by Crippen LogP contribution is 2.56. The van der Waals surface area contributed by atoms with Gasteiger partial charge in [0.15, 0.2) is 11.9 Å². The third-order valence-electron chi connectivity index (χ3n) is 6.31. The number of hydrogen-bond acceptors (Lipinski definition) is 5. The number of aliphatic carboxylic acids is 1. The first-order chi connectivity index (χ1) is 11.5. The fourth-order valence-electron chi connectivity index (χ4n) is 5.17. The highest BCUT2D eigenvalue weighted by Gasteiger charge is 2.64. The quantitative estimate of drug-likeness (QED) is 0.792. The number of ether oxygens (including phenoxy) is 2. The van der Waals surface area contributed by atoms with Gasteiger partial charge in [0.1, 0.15) is 0 Å². The van der Waals surface area contributed by atoms with Gasteiger partial charge in [-0.05, 0) is 50.4 Å². The van der Waals surface area contributed by atoms with Gasteiger partial charge in [0.05, 0.1) is 19.1 Å². The van der Waals surface area contributed by atoms with E-state index in [1.54, 1.807) is 0 Å². The van der Waals surface area contributed by atoms with E-state index in [1.165, 1.54) is 0 Å². The van der Waals surface area contributed by atoms with Crippen LogP contribution < -0.4 is 0 Å². The van der Waals surface area contributed by atoms with Gasteiger partial charge in [-0.3, -0.25) is 4.79 Å². The molecule has 0 bridgehead atoms. The van der Waals surface area contributed by atoms with E-state index in [4.69, 9.17) is 19.2 Å². The van der Waals surface area contributed by atoms with Crippen molar-refractivity contribution >= 4 is 5.97 Å². The molecule has 7 unspecified atom stereocenters. The van der Waals surface area contributed by atoms with Gasteiger partial charge in [0.25, 0.3) is 0 Å². The first-order valence-corrected chi connectivity index (χ1v) is 9.30. The van der Waals surface area contributed by atoms with Crippen molar-refractivity contribution < 1.29 is 29.1 Å². The van der Waals surface area contributed by atoms with Gasteiger partial charge < -0.3 is 14.6 Å². The molecule has 1 saturated carbocycles. The topological polar surface area (TPSA) is 74.2 Å². The molecule has 0 radical (unpaired) electrons. The Morgan fingerprint density at radius 2 is 2.04 bits per heavy atom. The summed E-state index contributed by atoms with van der Waals surface area (Å²) < 4.78 is 12.1. The van der Waals surface area contributed by atoms with Crippen molar-refractivity contribution in [1.82, 2.24) is 0 Å². The smallest absolute Gasteiger partial charge is 0.305 e. The second-order valence-corrected chi connectivity index (χ2v) is 7.59. The summed E-state index contributed by atoms with van der Waals surface area (Å²) in [4.78, 5) is 22.8. The van der Waals surface area contributed by atoms with Crippen LogP contribution in [0.4, 0.5) is 0 Å². The Kier molecular flexibility index (Phi) is 5.49. The number of carboxylic acids is 1. The molecule has 3 aliphatic rings. The minimum atomic E-state index is -0.836. The maximum Gasteiger partial charge on any atom is 0.305 e. The first kappa shape index (κ1) is 18.1. The van der Waals surface area contributed by atoms with Crippen LogP contribution in [0.5, 0.6) is 0 Å². The Morgan fingerprint density at radius 3 is 2.75 bits per heavy atom. The maximum absolute atomic E-state index is 11.2. The molecule has 0 amide bonds. The lowest BCUT2D eigenvalue weighted by Crippen LogP contribution is -2.67. The van der Waals surface area contributed by atoms with E-state index < -0.39 is 17.9 Å². The molecule has 138 valence electrons. The molecule has 1 aliphatic carbocycles. The molecular weight excluding hydrogens is 312 g/mol. The minimum Gasteiger partial charge on any atom is -0.481 e. The van der Waals surface area contributed by atoms with Crippen LogP contribution in [0.3, 0.4) is 0 Å². The zero-order valence-corrected chi connectivity index (χ0v) is 14.9. The lowest BCUT2D eigenvalue weighted by atomic mass is 9.57. The van der Waals surface area contributed by atoms with Crippen LogP contribution in [0, 0.1) is 23.7 Å². The molecule has 3 rings (SSSR count). The number of carboxylic acid groups (broad SMARTS) is 1. The minimum absolute atomic E-state index is 0.00159. The van der Waals surface area contributed by atoms with Crippen molar-refractivity contribution in [2.75, 3.05) is 13.2 Å². The molecule has 0 aromatic heterocycles. The summed E-state index contributed by atoms with van der Waals surface area (Å²) in [5, 5.41) is 9.24. The summed E-state index contributed by atoms with van der Waals surface area (Å²) in [6, 6.07) is 0. The Balaban J connectivity index is 1.98. The van der Waals surface area contributed by atoms with Crippen molar-refractivity contribution in [2.45, 2.75) is 70.9 Å². The molecular formula is C18H30O6. The van der Waals surface area contributed by atoms with Crippen LogP contribution in [0.1, 0.15) is 52.9 Å². The van der Waals surface area contributed by atoms with E-state index in [0.717, 1.165) is 25.7 Å². The average molecular weight is 342 g/mol.